The zero-order valence-corrected chi connectivity index (χ0v) is 11.4. The van der Waals surface area contributed by atoms with Gasteiger partial charge in [0.15, 0.2) is 0 Å². The van der Waals surface area contributed by atoms with Gasteiger partial charge < -0.3 is 9.64 Å². The van der Waals surface area contributed by atoms with Crippen molar-refractivity contribution in [1.82, 2.24) is 4.90 Å². The van der Waals surface area contributed by atoms with Gasteiger partial charge in [-0.3, -0.25) is 4.79 Å². The molecule has 1 aromatic rings. The summed E-state index contributed by atoms with van der Waals surface area (Å²) in [6, 6.07) is 8.42. The Morgan fingerprint density at radius 3 is 2.76 bits per heavy atom. The molecule has 1 aromatic carbocycles. The number of carbonyl (C=O) groups is 1. The van der Waals surface area contributed by atoms with Crippen molar-refractivity contribution in [2.45, 2.75) is 25.4 Å². The first-order valence-corrected chi connectivity index (χ1v) is 6.53. The topological polar surface area (TPSA) is 29.5 Å². The van der Waals surface area contributed by atoms with Gasteiger partial charge in [-0.1, -0.05) is 34.1 Å². The summed E-state index contributed by atoms with van der Waals surface area (Å²) in [4.78, 5) is 13.8. The standard InChI is InChI=1S/C13H16BrNO2/c1-17-9-13(16)15(11-6-7-11)8-10-4-2-3-5-12(10)14/h2-5,11H,6-9H2,1H3. The van der Waals surface area contributed by atoms with Crippen LogP contribution in [0.4, 0.5) is 0 Å². The molecule has 0 unspecified atom stereocenters. The zero-order valence-electron chi connectivity index (χ0n) is 9.86. The lowest BCUT2D eigenvalue weighted by Gasteiger charge is -2.22. The van der Waals surface area contributed by atoms with Crippen LogP contribution in [0.1, 0.15) is 18.4 Å². The Labute approximate surface area is 110 Å². The van der Waals surface area contributed by atoms with Gasteiger partial charge in [-0.15, -0.1) is 0 Å². The van der Waals surface area contributed by atoms with E-state index in [1.807, 2.05) is 29.2 Å². The smallest absolute Gasteiger partial charge is 0.249 e. The lowest BCUT2D eigenvalue weighted by Crippen LogP contribution is -2.35. The third kappa shape index (κ3) is 3.30. The third-order valence-electron chi connectivity index (χ3n) is 2.87. The molecule has 0 aliphatic heterocycles. The molecule has 1 saturated carbocycles. The molecule has 0 spiro atoms. The highest BCUT2D eigenvalue weighted by Crippen LogP contribution is 2.29. The van der Waals surface area contributed by atoms with E-state index in [1.54, 1.807) is 7.11 Å². The van der Waals surface area contributed by atoms with Gasteiger partial charge in [-0.05, 0) is 24.5 Å². The van der Waals surface area contributed by atoms with Crippen molar-refractivity contribution in [3.63, 3.8) is 0 Å². The maximum atomic E-state index is 11.9. The second-order valence-corrected chi connectivity index (χ2v) is 5.13. The molecule has 2 rings (SSSR count). The normalized spacial score (nSPS) is 14.7. The molecule has 1 aliphatic rings. The van der Waals surface area contributed by atoms with Crippen LogP contribution in [-0.2, 0) is 16.1 Å². The second kappa shape index (κ2) is 5.65. The van der Waals surface area contributed by atoms with Crippen molar-refractivity contribution >= 4 is 21.8 Å². The van der Waals surface area contributed by atoms with Gasteiger partial charge in [0.2, 0.25) is 5.91 Å². The van der Waals surface area contributed by atoms with E-state index in [4.69, 9.17) is 4.74 Å². The van der Waals surface area contributed by atoms with Gasteiger partial charge in [0.05, 0.1) is 0 Å². The summed E-state index contributed by atoms with van der Waals surface area (Å²) in [5, 5.41) is 0. The molecule has 1 fully saturated rings. The van der Waals surface area contributed by atoms with E-state index in [2.05, 4.69) is 15.9 Å². The Morgan fingerprint density at radius 1 is 1.47 bits per heavy atom. The Balaban J connectivity index is 2.08. The van der Waals surface area contributed by atoms with Crippen LogP contribution in [-0.4, -0.2) is 30.6 Å². The first-order valence-electron chi connectivity index (χ1n) is 5.74. The van der Waals surface area contributed by atoms with Crippen LogP contribution in [0.5, 0.6) is 0 Å². The molecule has 0 N–H and O–H groups in total. The molecular formula is C13H16BrNO2. The monoisotopic (exact) mass is 297 g/mol. The van der Waals surface area contributed by atoms with Crippen molar-refractivity contribution in [1.29, 1.82) is 0 Å². The van der Waals surface area contributed by atoms with E-state index in [1.165, 1.54) is 0 Å². The summed E-state index contributed by atoms with van der Waals surface area (Å²) in [6.07, 6.45) is 2.22. The number of hydrogen-bond donors (Lipinski definition) is 0. The summed E-state index contributed by atoms with van der Waals surface area (Å²) in [6.45, 7) is 0.829. The molecule has 0 bridgehead atoms. The van der Waals surface area contributed by atoms with Crippen molar-refractivity contribution in [2.75, 3.05) is 13.7 Å². The van der Waals surface area contributed by atoms with E-state index in [9.17, 15) is 4.79 Å². The minimum Gasteiger partial charge on any atom is -0.375 e. The Bertz CT molecular complexity index is 404. The van der Waals surface area contributed by atoms with Crippen LogP contribution in [0.15, 0.2) is 28.7 Å². The molecule has 0 aromatic heterocycles. The largest absolute Gasteiger partial charge is 0.375 e. The van der Waals surface area contributed by atoms with Gasteiger partial charge in [-0.2, -0.15) is 0 Å². The Hall–Kier alpha value is -0.870. The fourth-order valence-electron chi connectivity index (χ4n) is 1.82. The number of carbonyl (C=O) groups excluding carboxylic acids is 1. The maximum Gasteiger partial charge on any atom is 0.249 e. The summed E-state index contributed by atoms with van der Waals surface area (Å²) < 4.78 is 5.98. The molecule has 0 saturated heterocycles. The molecule has 0 radical (unpaired) electrons. The van der Waals surface area contributed by atoms with E-state index in [-0.39, 0.29) is 12.5 Å². The van der Waals surface area contributed by atoms with Gasteiger partial charge in [0.1, 0.15) is 6.61 Å². The number of rotatable bonds is 5. The molecule has 92 valence electrons. The number of methoxy groups -OCH3 is 1. The first kappa shape index (κ1) is 12.6. The van der Waals surface area contributed by atoms with Crippen LogP contribution >= 0.6 is 15.9 Å². The summed E-state index contributed by atoms with van der Waals surface area (Å²) in [5.74, 6) is 0.0748. The highest BCUT2D eigenvalue weighted by molar-refractivity contribution is 9.10. The predicted octanol–water partition coefficient (Wildman–Crippen LogP) is 2.59. The van der Waals surface area contributed by atoms with Gasteiger partial charge >= 0.3 is 0 Å². The van der Waals surface area contributed by atoms with Crippen molar-refractivity contribution in [2.24, 2.45) is 0 Å². The average molecular weight is 298 g/mol. The highest BCUT2D eigenvalue weighted by Gasteiger charge is 2.32. The minimum atomic E-state index is 0.0748. The van der Waals surface area contributed by atoms with Gasteiger partial charge in [0, 0.05) is 24.2 Å². The number of hydrogen-bond acceptors (Lipinski definition) is 2. The summed E-state index contributed by atoms with van der Waals surface area (Å²) >= 11 is 3.51. The maximum absolute atomic E-state index is 11.9. The average Bonchev–Trinajstić information content (AvgIpc) is 3.12. The molecule has 1 amide bonds. The van der Waals surface area contributed by atoms with E-state index < -0.39 is 0 Å². The summed E-state index contributed by atoms with van der Waals surface area (Å²) in [5.41, 5.74) is 1.14. The fraction of sp³-hybridized carbons (Fsp3) is 0.462. The molecule has 0 heterocycles. The van der Waals surface area contributed by atoms with Crippen LogP contribution in [0.2, 0.25) is 0 Å². The van der Waals surface area contributed by atoms with Crippen molar-refractivity contribution in [3.8, 4) is 0 Å². The van der Waals surface area contributed by atoms with Crippen LogP contribution in [0.3, 0.4) is 0 Å². The lowest BCUT2D eigenvalue weighted by molar-refractivity contribution is -0.136. The highest BCUT2D eigenvalue weighted by atomic mass is 79.9. The molecule has 17 heavy (non-hydrogen) atoms. The third-order valence-corrected chi connectivity index (χ3v) is 3.65. The number of nitrogens with zero attached hydrogens (tertiary/aromatic N) is 1. The van der Waals surface area contributed by atoms with E-state index in [0.29, 0.717) is 12.6 Å². The number of halogens is 1. The van der Waals surface area contributed by atoms with Crippen molar-refractivity contribution < 1.29 is 9.53 Å². The molecule has 4 heteroatoms. The predicted molar refractivity (Wildman–Crippen MR) is 69.6 cm³/mol. The van der Waals surface area contributed by atoms with Gasteiger partial charge in [0.25, 0.3) is 0 Å². The van der Waals surface area contributed by atoms with Gasteiger partial charge in [-0.25, -0.2) is 0 Å². The summed E-state index contributed by atoms with van der Waals surface area (Å²) in [7, 11) is 1.56. The molecule has 3 nitrogen and oxygen atoms in total. The van der Waals surface area contributed by atoms with Crippen LogP contribution in [0, 0.1) is 0 Å². The number of benzene rings is 1. The number of amides is 1. The Morgan fingerprint density at radius 2 is 2.18 bits per heavy atom. The molecule has 1 aliphatic carbocycles. The van der Waals surface area contributed by atoms with E-state index in [0.717, 1.165) is 22.9 Å². The minimum absolute atomic E-state index is 0.0748. The first-order chi connectivity index (χ1) is 8.22. The van der Waals surface area contributed by atoms with E-state index >= 15 is 0 Å². The zero-order chi connectivity index (χ0) is 12.3. The molecule has 0 atom stereocenters. The fourth-order valence-corrected chi connectivity index (χ4v) is 2.23. The molecular weight excluding hydrogens is 282 g/mol. The quantitative estimate of drug-likeness (QED) is 0.836. The second-order valence-electron chi connectivity index (χ2n) is 4.28. The van der Waals surface area contributed by atoms with Crippen LogP contribution in [0.25, 0.3) is 0 Å². The Kier molecular flexibility index (Phi) is 4.18. The lowest BCUT2D eigenvalue weighted by atomic mass is 10.2. The van der Waals surface area contributed by atoms with Crippen molar-refractivity contribution in [3.05, 3.63) is 34.3 Å². The SMILES string of the molecule is COCC(=O)N(Cc1ccccc1Br)C1CC1. The van der Waals surface area contributed by atoms with Crippen LogP contribution < -0.4 is 0 Å². The number of ether oxygens (including phenoxy) is 1.